The van der Waals surface area contributed by atoms with E-state index in [1.807, 2.05) is 0 Å². The lowest BCUT2D eigenvalue weighted by atomic mass is 10.4. The maximum atomic E-state index is 9.93. The van der Waals surface area contributed by atoms with Crippen LogP contribution in [0.4, 0.5) is 0 Å². The Labute approximate surface area is 52.4 Å². The first-order valence-corrected chi connectivity index (χ1v) is 2.69. The van der Waals surface area contributed by atoms with Crippen LogP contribution in [0.3, 0.4) is 0 Å². The van der Waals surface area contributed by atoms with E-state index in [0.717, 1.165) is 0 Å². The Morgan fingerprint density at radius 2 is 2.00 bits per heavy atom. The van der Waals surface area contributed by atoms with Crippen molar-refractivity contribution in [3.8, 4) is 0 Å². The topological polar surface area (TPSA) is 55.8 Å². The first kappa shape index (κ1) is 6.67. The van der Waals surface area contributed by atoms with Crippen LogP contribution in [0.25, 0.3) is 0 Å². The van der Waals surface area contributed by atoms with Crippen molar-refractivity contribution in [3.05, 3.63) is 0 Å². The van der Waals surface area contributed by atoms with Crippen molar-refractivity contribution in [1.82, 2.24) is 0 Å². The van der Waals surface area contributed by atoms with Crippen LogP contribution in [0.15, 0.2) is 0 Å². The lowest BCUT2D eigenvalue weighted by molar-refractivity contribution is -0.205. The molecule has 1 aliphatic heterocycles. The van der Waals surface area contributed by atoms with Crippen LogP contribution in [-0.4, -0.2) is 37.0 Å². The van der Waals surface area contributed by atoms with Crippen LogP contribution in [0.5, 0.6) is 0 Å². The Morgan fingerprint density at radius 1 is 1.44 bits per heavy atom. The number of rotatable bonds is 1. The van der Waals surface area contributed by atoms with E-state index in [2.05, 4.69) is 0 Å². The molecule has 0 unspecified atom stereocenters. The number of ether oxygens (including phenoxy) is 2. The minimum absolute atomic E-state index is 0.184. The molecule has 0 radical (unpaired) electrons. The standard InChI is InChI=1S/C5H8O4/c6-1-5-8-2-4(7)3-9-5/h1,4-5,7H,2-3H2. The van der Waals surface area contributed by atoms with Gasteiger partial charge in [0.15, 0.2) is 6.29 Å². The van der Waals surface area contributed by atoms with E-state index in [1.165, 1.54) is 0 Å². The molecule has 0 saturated carbocycles. The second kappa shape index (κ2) is 2.91. The summed E-state index contributed by atoms with van der Waals surface area (Å²) in [6.45, 7) is 0.368. The summed E-state index contributed by atoms with van der Waals surface area (Å²) in [7, 11) is 0. The quantitative estimate of drug-likeness (QED) is 0.461. The van der Waals surface area contributed by atoms with E-state index < -0.39 is 12.4 Å². The summed E-state index contributed by atoms with van der Waals surface area (Å²) in [5.74, 6) is 0. The number of hydrogen-bond donors (Lipinski definition) is 1. The van der Waals surface area contributed by atoms with Gasteiger partial charge in [-0.1, -0.05) is 0 Å². The number of aliphatic hydroxyl groups excluding tert-OH is 1. The summed E-state index contributed by atoms with van der Waals surface area (Å²) in [6, 6.07) is 0. The molecule has 52 valence electrons. The molecular formula is C5H8O4. The molecule has 0 aliphatic carbocycles. The molecule has 9 heavy (non-hydrogen) atoms. The lowest BCUT2D eigenvalue weighted by Gasteiger charge is -2.22. The van der Waals surface area contributed by atoms with Gasteiger partial charge in [0, 0.05) is 0 Å². The van der Waals surface area contributed by atoms with Gasteiger partial charge in [-0.25, -0.2) is 0 Å². The van der Waals surface area contributed by atoms with E-state index in [-0.39, 0.29) is 13.2 Å². The summed E-state index contributed by atoms with van der Waals surface area (Å²) in [4.78, 5) is 9.93. The van der Waals surface area contributed by atoms with Crippen LogP contribution in [0, 0.1) is 0 Å². The van der Waals surface area contributed by atoms with Gasteiger partial charge in [0.2, 0.25) is 6.29 Å². The van der Waals surface area contributed by atoms with Crippen LogP contribution < -0.4 is 0 Å². The van der Waals surface area contributed by atoms with Crippen LogP contribution >= 0.6 is 0 Å². The summed E-state index contributed by atoms with van der Waals surface area (Å²) in [5.41, 5.74) is 0. The van der Waals surface area contributed by atoms with Gasteiger partial charge >= 0.3 is 0 Å². The molecule has 1 heterocycles. The zero-order valence-corrected chi connectivity index (χ0v) is 4.82. The van der Waals surface area contributed by atoms with E-state index >= 15 is 0 Å². The molecule has 1 saturated heterocycles. The summed E-state index contributed by atoms with van der Waals surface area (Å²) in [6.07, 6.45) is -0.791. The van der Waals surface area contributed by atoms with Crippen molar-refractivity contribution < 1.29 is 19.4 Å². The van der Waals surface area contributed by atoms with Crippen LogP contribution in [0.2, 0.25) is 0 Å². The van der Waals surface area contributed by atoms with Gasteiger partial charge in [-0.05, 0) is 0 Å². The van der Waals surface area contributed by atoms with E-state index in [4.69, 9.17) is 14.6 Å². The first-order chi connectivity index (χ1) is 4.33. The average molecular weight is 132 g/mol. The normalized spacial score (nSPS) is 36.1. The van der Waals surface area contributed by atoms with Gasteiger partial charge in [0.1, 0.15) is 6.10 Å². The Kier molecular flexibility index (Phi) is 2.16. The second-order valence-electron chi connectivity index (χ2n) is 1.82. The second-order valence-corrected chi connectivity index (χ2v) is 1.82. The monoisotopic (exact) mass is 132 g/mol. The molecule has 1 N–H and O–H groups in total. The predicted octanol–water partition coefficient (Wildman–Crippen LogP) is -1.08. The van der Waals surface area contributed by atoms with Crippen molar-refractivity contribution in [2.75, 3.05) is 13.2 Å². The molecule has 4 nitrogen and oxygen atoms in total. The zero-order valence-electron chi connectivity index (χ0n) is 4.82. The fraction of sp³-hybridized carbons (Fsp3) is 0.800. The molecular weight excluding hydrogens is 124 g/mol. The highest BCUT2D eigenvalue weighted by Gasteiger charge is 2.18. The molecule has 0 aromatic heterocycles. The SMILES string of the molecule is O=CC1OCC(O)CO1. The largest absolute Gasteiger partial charge is 0.388 e. The third kappa shape index (κ3) is 1.74. The number of carbonyl (C=O) groups is 1. The molecule has 0 amide bonds. The van der Waals surface area contributed by atoms with Crippen LogP contribution in [-0.2, 0) is 14.3 Å². The van der Waals surface area contributed by atoms with Crippen molar-refractivity contribution in [1.29, 1.82) is 0 Å². The number of aliphatic hydroxyl groups is 1. The molecule has 0 spiro atoms. The Bertz CT molecular complexity index is 95.1. The molecule has 0 aromatic carbocycles. The molecule has 4 heteroatoms. The average Bonchev–Trinajstić information content (AvgIpc) is 1.90. The maximum Gasteiger partial charge on any atom is 0.214 e. The fourth-order valence-electron chi connectivity index (χ4n) is 0.587. The van der Waals surface area contributed by atoms with Gasteiger partial charge in [-0.3, -0.25) is 4.79 Å². The first-order valence-electron chi connectivity index (χ1n) is 2.69. The zero-order chi connectivity index (χ0) is 6.69. The molecule has 0 bridgehead atoms. The molecule has 1 rings (SSSR count). The van der Waals surface area contributed by atoms with Gasteiger partial charge in [0.25, 0.3) is 0 Å². The highest BCUT2D eigenvalue weighted by Crippen LogP contribution is 2.01. The number of carbonyl (C=O) groups excluding carboxylic acids is 1. The van der Waals surface area contributed by atoms with Crippen molar-refractivity contribution >= 4 is 6.29 Å². The van der Waals surface area contributed by atoms with Crippen LogP contribution in [0.1, 0.15) is 0 Å². The Morgan fingerprint density at radius 3 is 2.44 bits per heavy atom. The fourth-order valence-corrected chi connectivity index (χ4v) is 0.587. The third-order valence-corrected chi connectivity index (χ3v) is 1.02. The van der Waals surface area contributed by atoms with Crippen molar-refractivity contribution in [2.45, 2.75) is 12.4 Å². The van der Waals surface area contributed by atoms with Crippen molar-refractivity contribution in [2.24, 2.45) is 0 Å². The Hall–Kier alpha value is -0.450. The molecule has 0 aromatic rings. The summed E-state index contributed by atoms with van der Waals surface area (Å²) < 4.78 is 9.40. The van der Waals surface area contributed by atoms with Gasteiger partial charge in [0.05, 0.1) is 13.2 Å². The highest BCUT2D eigenvalue weighted by atomic mass is 16.7. The minimum atomic E-state index is -0.770. The maximum absolute atomic E-state index is 9.93. The van der Waals surface area contributed by atoms with Crippen molar-refractivity contribution in [3.63, 3.8) is 0 Å². The van der Waals surface area contributed by atoms with Gasteiger partial charge in [-0.2, -0.15) is 0 Å². The predicted molar refractivity (Wildman–Crippen MR) is 27.8 cm³/mol. The minimum Gasteiger partial charge on any atom is -0.388 e. The smallest absolute Gasteiger partial charge is 0.214 e. The number of hydrogen-bond acceptors (Lipinski definition) is 4. The summed E-state index contributed by atoms with van der Waals surface area (Å²) >= 11 is 0. The lowest BCUT2D eigenvalue weighted by Crippen LogP contribution is -2.36. The highest BCUT2D eigenvalue weighted by molar-refractivity contribution is 5.53. The van der Waals surface area contributed by atoms with E-state index in [0.29, 0.717) is 6.29 Å². The molecule has 0 atom stereocenters. The molecule has 1 aliphatic rings. The van der Waals surface area contributed by atoms with Gasteiger partial charge < -0.3 is 14.6 Å². The molecule has 1 fully saturated rings. The third-order valence-electron chi connectivity index (χ3n) is 1.02. The van der Waals surface area contributed by atoms with Gasteiger partial charge in [-0.15, -0.1) is 0 Å². The Balaban J connectivity index is 2.26. The van der Waals surface area contributed by atoms with E-state index in [1.54, 1.807) is 0 Å². The van der Waals surface area contributed by atoms with E-state index in [9.17, 15) is 4.79 Å². The number of aldehydes is 1. The summed E-state index contributed by atoms with van der Waals surface area (Å²) in [5, 5.41) is 8.76.